The van der Waals surface area contributed by atoms with Crippen LogP contribution in [0.1, 0.15) is 30.7 Å². The highest BCUT2D eigenvalue weighted by atomic mass is 15.4. The first-order valence-corrected chi connectivity index (χ1v) is 5.45. The summed E-state index contributed by atoms with van der Waals surface area (Å²) < 4.78 is 0. The molecule has 0 bridgehead atoms. The lowest BCUT2D eigenvalue weighted by Crippen LogP contribution is -1.99. The van der Waals surface area contributed by atoms with Gasteiger partial charge in [0.2, 0.25) is 0 Å². The molecular formula is C9H12N8. The van der Waals surface area contributed by atoms with Crippen molar-refractivity contribution in [1.82, 2.24) is 41.2 Å². The van der Waals surface area contributed by atoms with Crippen LogP contribution in [0.5, 0.6) is 0 Å². The SMILES string of the molecule is c1nnnnc1CCCCCc1cnnnn1. The van der Waals surface area contributed by atoms with Crippen LogP contribution >= 0.6 is 0 Å². The molecule has 2 rings (SSSR count). The van der Waals surface area contributed by atoms with Gasteiger partial charge in [-0.05, 0) is 46.5 Å². The molecule has 88 valence electrons. The average molecular weight is 232 g/mol. The normalized spacial score (nSPS) is 10.4. The first-order chi connectivity index (χ1) is 8.45. The first kappa shape index (κ1) is 11.4. The fourth-order valence-corrected chi connectivity index (χ4v) is 1.46. The van der Waals surface area contributed by atoms with E-state index in [9.17, 15) is 0 Å². The standard InChI is InChI=1S/C9H12N8/c1(2-4-8-6-10-14-16-12-8)3-5-9-7-11-15-17-13-9/h6-7H,1-5H2. The highest BCUT2D eigenvalue weighted by Crippen LogP contribution is 2.04. The highest BCUT2D eigenvalue weighted by Gasteiger charge is 1.98. The van der Waals surface area contributed by atoms with Crippen molar-refractivity contribution in [2.45, 2.75) is 32.1 Å². The molecule has 0 saturated carbocycles. The van der Waals surface area contributed by atoms with Gasteiger partial charge in [-0.3, -0.25) is 0 Å². The lowest BCUT2D eigenvalue weighted by Gasteiger charge is -1.99. The summed E-state index contributed by atoms with van der Waals surface area (Å²) in [6, 6.07) is 0. The van der Waals surface area contributed by atoms with Gasteiger partial charge in [-0.25, -0.2) is 0 Å². The van der Waals surface area contributed by atoms with Gasteiger partial charge in [0.05, 0.1) is 23.8 Å². The Labute approximate surface area is 97.9 Å². The molecule has 0 aromatic carbocycles. The summed E-state index contributed by atoms with van der Waals surface area (Å²) in [5.74, 6) is 0. The summed E-state index contributed by atoms with van der Waals surface area (Å²) in [5.41, 5.74) is 1.76. The maximum atomic E-state index is 3.87. The van der Waals surface area contributed by atoms with Crippen LogP contribution in [-0.4, -0.2) is 41.2 Å². The zero-order chi connectivity index (χ0) is 11.8. The van der Waals surface area contributed by atoms with Crippen molar-refractivity contribution in [3.63, 3.8) is 0 Å². The van der Waals surface area contributed by atoms with Crippen LogP contribution in [0.25, 0.3) is 0 Å². The molecule has 0 aliphatic heterocycles. The van der Waals surface area contributed by atoms with Crippen molar-refractivity contribution in [2.24, 2.45) is 0 Å². The molecule has 0 aliphatic rings. The molecule has 0 atom stereocenters. The van der Waals surface area contributed by atoms with Crippen molar-refractivity contribution in [3.05, 3.63) is 23.8 Å². The predicted octanol–water partition coefficient (Wildman–Crippen LogP) is -0.198. The van der Waals surface area contributed by atoms with Gasteiger partial charge in [0.15, 0.2) is 0 Å². The topological polar surface area (TPSA) is 103 Å². The number of hydrogen-bond acceptors (Lipinski definition) is 8. The largest absolute Gasteiger partial charge is 0.135 e. The van der Waals surface area contributed by atoms with E-state index >= 15 is 0 Å². The van der Waals surface area contributed by atoms with Gasteiger partial charge >= 0.3 is 0 Å². The number of aryl methyl sites for hydroxylation is 2. The molecule has 2 aromatic heterocycles. The predicted molar refractivity (Wildman–Crippen MR) is 56.5 cm³/mol. The Balaban J connectivity index is 1.61. The molecule has 8 nitrogen and oxygen atoms in total. The molecule has 0 unspecified atom stereocenters. The van der Waals surface area contributed by atoms with E-state index in [0.29, 0.717) is 0 Å². The van der Waals surface area contributed by atoms with Crippen molar-refractivity contribution in [2.75, 3.05) is 0 Å². The second-order valence-corrected chi connectivity index (χ2v) is 3.59. The molecule has 0 saturated heterocycles. The van der Waals surface area contributed by atoms with Gasteiger partial charge in [-0.1, -0.05) is 6.42 Å². The van der Waals surface area contributed by atoms with E-state index in [-0.39, 0.29) is 0 Å². The number of nitrogens with zero attached hydrogens (tertiary/aromatic N) is 8. The van der Waals surface area contributed by atoms with E-state index in [2.05, 4.69) is 41.2 Å². The summed E-state index contributed by atoms with van der Waals surface area (Å²) in [4.78, 5) is 0. The molecule has 2 heterocycles. The van der Waals surface area contributed by atoms with Crippen molar-refractivity contribution in [3.8, 4) is 0 Å². The molecule has 0 aliphatic carbocycles. The van der Waals surface area contributed by atoms with E-state index in [1.165, 1.54) is 0 Å². The Kier molecular flexibility index (Phi) is 4.32. The smallest absolute Gasteiger partial charge is 0.0851 e. The van der Waals surface area contributed by atoms with E-state index < -0.39 is 0 Å². The lowest BCUT2D eigenvalue weighted by molar-refractivity contribution is 0.629. The van der Waals surface area contributed by atoms with Gasteiger partial charge in [-0.2, -0.15) is 0 Å². The second kappa shape index (κ2) is 6.46. The van der Waals surface area contributed by atoms with Crippen LogP contribution in [0.2, 0.25) is 0 Å². The van der Waals surface area contributed by atoms with E-state index in [1.807, 2.05) is 0 Å². The first-order valence-electron chi connectivity index (χ1n) is 5.45. The minimum atomic E-state index is 0.878. The lowest BCUT2D eigenvalue weighted by atomic mass is 10.1. The molecule has 0 N–H and O–H groups in total. The van der Waals surface area contributed by atoms with Gasteiger partial charge < -0.3 is 0 Å². The van der Waals surface area contributed by atoms with Crippen LogP contribution in [0, 0.1) is 0 Å². The van der Waals surface area contributed by atoms with E-state index in [4.69, 9.17) is 0 Å². The average Bonchev–Trinajstić information content (AvgIpc) is 2.41. The molecule has 17 heavy (non-hydrogen) atoms. The third-order valence-corrected chi connectivity index (χ3v) is 2.31. The Hall–Kier alpha value is -2.12. The summed E-state index contributed by atoms with van der Waals surface area (Å²) in [6.07, 6.45) is 8.23. The summed E-state index contributed by atoms with van der Waals surface area (Å²) in [7, 11) is 0. The summed E-state index contributed by atoms with van der Waals surface area (Å²) >= 11 is 0. The van der Waals surface area contributed by atoms with Crippen molar-refractivity contribution < 1.29 is 0 Å². The Morgan fingerprint density at radius 1 is 0.647 bits per heavy atom. The van der Waals surface area contributed by atoms with E-state index in [0.717, 1.165) is 43.5 Å². The maximum Gasteiger partial charge on any atom is 0.0851 e. The molecule has 0 fully saturated rings. The van der Waals surface area contributed by atoms with Gasteiger partial charge in [0.1, 0.15) is 0 Å². The summed E-state index contributed by atoms with van der Waals surface area (Å²) in [5, 5.41) is 28.8. The fourth-order valence-electron chi connectivity index (χ4n) is 1.46. The number of rotatable bonds is 6. The third-order valence-electron chi connectivity index (χ3n) is 2.31. The molecular weight excluding hydrogens is 220 g/mol. The molecule has 0 spiro atoms. The Morgan fingerprint density at radius 2 is 1.18 bits per heavy atom. The minimum Gasteiger partial charge on any atom is -0.135 e. The van der Waals surface area contributed by atoms with Crippen LogP contribution in [0.4, 0.5) is 0 Å². The molecule has 8 heteroatoms. The van der Waals surface area contributed by atoms with Crippen LogP contribution in [0.3, 0.4) is 0 Å². The van der Waals surface area contributed by atoms with Crippen molar-refractivity contribution >= 4 is 0 Å². The second-order valence-electron chi connectivity index (χ2n) is 3.59. The third kappa shape index (κ3) is 4.09. The van der Waals surface area contributed by atoms with Crippen molar-refractivity contribution in [1.29, 1.82) is 0 Å². The minimum absolute atomic E-state index is 0.878. The van der Waals surface area contributed by atoms with Crippen LogP contribution in [-0.2, 0) is 12.8 Å². The molecule has 0 amide bonds. The Bertz CT molecular complexity index is 378. The monoisotopic (exact) mass is 232 g/mol. The quantitative estimate of drug-likeness (QED) is 0.631. The highest BCUT2D eigenvalue weighted by molar-refractivity contribution is 4.90. The number of hydrogen-bond donors (Lipinski definition) is 0. The molecule has 2 aromatic rings. The zero-order valence-electron chi connectivity index (χ0n) is 9.27. The van der Waals surface area contributed by atoms with E-state index in [1.54, 1.807) is 12.4 Å². The van der Waals surface area contributed by atoms with Crippen LogP contribution in [0.15, 0.2) is 12.4 Å². The zero-order valence-corrected chi connectivity index (χ0v) is 9.27. The fraction of sp³-hybridized carbons (Fsp3) is 0.556. The number of aromatic nitrogens is 8. The summed E-state index contributed by atoms with van der Waals surface area (Å²) in [6.45, 7) is 0. The number of unbranched alkanes of at least 4 members (excludes halogenated alkanes) is 2. The van der Waals surface area contributed by atoms with Gasteiger partial charge in [0, 0.05) is 0 Å². The molecule has 0 radical (unpaired) electrons. The van der Waals surface area contributed by atoms with Gasteiger partial charge in [-0.15, -0.1) is 20.4 Å². The Morgan fingerprint density at radius 3 is 1.59 bits per heavy atom. The maximum absolute atomic E-state index is 3.87. The van der Waals surface area contributed by atoms with Gasteiger partial charge in [0.25, 0.3) is 0 Å². The van der Waals surface area contributed by atoms with Crippen LogP contribution < -0.4 is 0 Å².